The van der Waals surface area contributed by atoms with Crippen molar-refractivity contribution in [2.75, 3.05) is 31.2 Å². The zero-order valence-electron chi connectivity index (χ0n) is 10.5. The van der Waals surface area contributed by atoms with Gasteiger partial charge in [0, 0.05) is 24.8 Å². The molecule has 1 atom stereocenters. The summed E-state index contributed by atoms with van der Waals surface area (Å²) < 4.78 is 0. The molecular formula is C12H21N3O2. The minimum absolute atomic E-state index is 0.0443. The van der Waals surface area contributed by atoms with Gasteiger partial charge in [0.25, 0.3) is 0 Å². The molecule has 5 nitrogen and oxygen atoms in total. The average molecular weight is 239 g/mol. The van der Waals surface area contributed by atoms with Crippen molar-refractivity contribution >= 4 is 5.82 Å². The molecule has 0 aromatic carbocycles. The third kappa shape index (κ3) is 3.94. The van der Waals surface area contributed by atoms with Crippen molar-refractivity contribution in [2.45, 2.75) is 26.2 Å². The Kier molecular flexibility index (Phi) is 5.86. The van der Waals surface area contributed by atoms with Crippen LogP contribution in [0.4, 0.5) is 5.82 Å². The molecule has 0 aliphatic heterocycles. The second-order valence-electron chi connectivity index (χ2n) is 4.04. The largest absolute Gasteiger partial charge is 0.395 e. The number of rotatable bonds is 7. The van der Waals surface area contributed by atoms with Crippen molar-refractivity contribution in [3.8, 4) is 0 Å². The van der Waals surface area contributed by atoms with E-state index in [9.17, 15) is 0 Å². The summed E-state index contributed by atoms with van der Waals surface area (Å²) in [7, 11) is 0. The Morgan fingerprint density at radius 2 is 1.88 bits per heavy atom. The molecule has 2 N–H and O–H groups in total. The van der Waals surface area contributed by atoms with Gasteiger partial charge in [-0.1, -0.05) is 13.8 Å². The molecule has 0 amide bonds. The fraction of sp³-hybridized carbons (Fsp3) is 0.667. The molecule has 0 aliphatic rings. The van der Waals surface area contributed by atoms with E-state index < -0.39 is 0 Å². The third-order valence-electron chi connectivity index (χ3n) is 2.85. The van der Waals surface area contributed by atoms with Gasteiger partial charge in [0.15, 0.2) is 0 Å². The van der Waals surface area contributed by atoms with Gasteiger partial charge in [-0.25, -0.2) is 9.97 Å². The fourth-order valence-corrected chi connectivity index (χ4v) is 1.60. The third-order valence-corrected chi connectivity index (χ3v) is 2.85. The van der Waals surface area contributed by atoms with Gasteiger partial charge in [-0.15, -0.1) is 0 Å². The maximum atomic E-state index is 8.98. The predicted octanol–water partition coefficient (Wildman–Crippen LogP) is 0.781. The molecule has 1 aromatic heterocycles. The Balaban J connectivity index is 2.87. The lowest BCUT2D eigenvalue weighted by molar-refractivity contribution is 0.280. The summed E-state index contributed by atoms with van der Waals surface area (Å²) in [6.07, 6.45) is 2.56. The lowest BCUT2D eigenvalue weighted by Gasteiger charge is -2.22. The highest BCUT2D eigenvalue weighted by molar-refractivity contribution is 5.39. The summed E-state index contributed by atoms with van der Waals surface area (Å²) in [5.41, 5.74) is 0.998. The van der Waals surface area contributed by atoms with Gasteiger partial charge >= 0.3 is 0 Å². The number of aromatic nitrogens is 2. The molecule has 0 saturated heterocycles. The molecule has 0 fully saturated rings. The monoisotopic (exact) mass is 239 g/mol. The molecular weight excluding hydrogens is 218 g/mol. The highest BCUT2D eigenvalue weighted by Gasteiger charge is 2.10. The summed E-state index contributed by atoms with van der Waals surface area (Å²) in [4.78, 5) is 10.3. The zero-order chi connectivity index (χ0) is 12.7. The van der Waals surface area contributed by atoms with Crippen LogP contribution in [-0.4, -0.2) is 46.5 Å². The lowest BCUT2D eigenvalue weighted by atomic mass is 10.1. The molecule has 0 radical (unpaired) electrons. The second kappa shape index (κ2) is 7.19. The molecule has 1 unspecified atom stereocenters. The molecule has 5 heteroatoms. The van der Waals surface area contributed by atoms with Gasteiger partial charge < -0.3 is 15.1 Å². The highest BCUT2D eigenvalue weighted by atomic mass is 16.3. The van der Waals surface area contributed by atoms with Crippen molar-refractivity contribution in [1.82, 2.24) is 9.97 Å². The van der Waals surface area contributed by atoms with Gasteiger partial charge in [-0.2, -0.15) is 0 Å². The number of hydrogen-bond acceptors (Lipinski definition) is 5. The first-order valence-electron chi connectivity index (χ1n) is 6.01. The minimum Gasteiger partial charge on any atom is -0.395 e. The fourth-order valence-electron chi connectivity index (χ4n) is 1.60. The van der Waals surface area contributed by atoms with E-state index in [-0.39, 0.29) is 13.2 Å². The first-order chi connectivity index (χ1) is 8.22. The van der Waals surface area contributed by atoms with Crippen molar-refractivity contribution in [3.05, 3.63) is 18.1 Å². The molecule has 17 heavy (non-hydrogen) atoms. The van der Waals surface area contributed by atoms with Crippen LogP contribution in [0.25, 0.3) is 0 Å². The van der Waals surface area contributed by atoms with E-state index in [1.807, 2.05) is 11.0 Å². The van der Waals surface area contributed by atoms with E-state index in [2.05, 4.69) is 23.8 Å². The van der Waals surface area contributed by atoms with Crippen LogP contribution in [0.15, 0.2) is 12.4 Å². The Bertz CT molecular complexity index is 327. The highest BCUT2D eigenvalue weighted by Crippen LogP contribution is 2.19. The minimum atomic E-state index is 0.0443. The first-order valence-corrected chi connectivity index (χ1v) is 6.01. The smallest absolute Gasteiger partial charge is 0.132 e. The summed E-state index contributed by atoms with van der Waals surface area (Å²) in [6, 6.07) is 1.93. The van der Waals surface area contributed by atoms with Crippen LogP contribution >= 0.6 is 0 Å². The second-order valence-corrected chi connectivity index (χ2v) is 4.04. The van der Waals surface area contributed by atoms with E-state index in [0.717, 1.165) is 17.9 Å². The first kappa shape index (κ1) is 13.9. The van der Waals surface area contributed by atoms with E-state index in [4.69, 9.17) is 10.2 Å². The van der Waals surface area contributed by atoms with Crippen molar-refractivity contribution in [3.63, 3.8) is 0 Å². The van der Waals surface area contributed by atoms with E-state index in [1.165, 1.54) is 0 Å². The number of aliphatic hydroxyl groups excluding tert-OH is 2. The standard InChI is InChI=1S/C12H21N3O2/c1-3-10(2)11-8-12(14-9-13-11)15(4-6-16)5-7-17/h8-10,16-17H,3-7H2,1-2H3. The summed E-state index contributed by atoms with van der Waals surface area (Å²) >= 11 is 0. The van der Waals surface area contributed by atoms with Gasteiger partial charge in [0.2, 0.25) is 0 Å². The van der Waals surface area contributed by atoms with Crippen LogP contribution < -0.4 is 4.90 Å². The normalized spacial score (nSPS) is 12.5. The van der Waals surface area contributed by atoms with Crippen LogP contribution in [0.3, 0.4) is 0 Å². The summed E-state index contributed by atoms with van der Waals surface area (Å²) in [6.45, 7) is 5.26. The predicted molar refractivity (Wildman–Crippen MR) is 67.1 cm³/mol. The average Bonchev–Trinajstić information content (AvgIpc) is 2.37. The SMILES string of the molecule is CCC(C)c1cc(N(CCO)CCO)ncn1. The van der Waals surface area contributed by atoms with Crippen LogP contribution in [0.5, 0.6) is 0 Å². The van der Waals surface area contributed by atoms with Gasteiger partial charge in [0.05, 0.1) is 13.2 Å². The molecule has 0 spiro atoms. The van der Waals surface area contributed by atoms with Crippen LogP contribution in [0.1, 0.15) is 31.9 Å². The Hall–Kier alpha value is -1.20. The number of nitrogens with zero attached hydrogens (tertiary/aromatic N) is 3. The maximum absolute atomic E-state index is 8.98. The summed E-state index contributed by atoms with van der Waals surface area (Å²) in [5.74, 6) is 1.15. The van der Waals surface area contributed by atoms with Crippen molar-refractivity contribution in [2.24, 2.45) is 0 Å². The lowest BCUT2D eigenvalue weighted by Crippen LogP contribution is -2.30. The van der Waals surface area contributed by atoms with Crippen molar-refractivity contribution < 1.29 is 10.2 Å². The number of aliphatic hydroxyl groups is 2. The topological polar surface area (TPSA) is 69.5 Å². The Labute approximate surface area is 102 Å². The molecule has 96 valence electrons. The quantitative estimate of drug-likeness (QED) is 0.736. The van der Waals surface area contributed by atoms with Gasteiger partial charge in [0.1, 0.15) is 12.1 Å². The van der Waals surface area contributed by atoms with Gasteiger partial charge in [-0.05, 0) is 12.3 Å². The molecule has 1 heterocycles. The molecule has 0 aliphatic carbocycles. The zero-order valence-corrected chi connectivity index (χ0v) is 10.5. The van der Waals surface area contributed by atoms with Crippen molar-refractivity contribution in [1.29, 1.82) is 0 Å². The molecule has 1 rings (SSSR count). The van der Waals surface area contributed by atoms with E-state index in [0.29, 0.717) is 19.0 Å². The maximum Gasteiger partial charge on any atom is 0.132 e. The van der Waals surface area contributed by atoms with Crippen LogP contribution in [0.2, 0.25) is 0 Å². The number of anilines is 1. The Morgan fingerprint density at radius 1 is 1.24 bits per heavy atom. The van der Waals surface area contributed by atoms with Crippen LogP contribution in [-0.2, 0) is 0 Å². The molecule has 0 bridgehead atoms. The Morgan fingerprint density at radius 3 is 2.41 bits per heavy atom. The van der Waals surface area contributed by atoms with E-state index >= 15 is 0 Å². The molecule has 0 saturated carbocycles. The number of hydrogen-bond donors (Lipinski definition) is 2. The van der Waals surface area contributed by atoms with Gasteiger partial charge in [-0.3, -0.25) is 0 Å². The van der Waals surface area contributed by atoms with E-state index in [1.54, 1.807) is 6.33 Å². The van der Waals surface area contributed by atoms with Crippen LogP contribution in [0, 0.1) is 0 Å². The molecule has 1 aromatic rings. The summed E-state index contributed by atoms with van der Waals surface area (Å²) in [5, 5.41) is 18.0.